The number of hydrogen-bond acceptors (Lipinski definition) is 13. The maximum atomic E-state index is 14.4. The Morgan fingerprint density at radius 3 is 2.00 bits per heavy atom. The van der Waals surface area contributed by atoms with E-state index in [1.807, 2.05) is 0 Å². The quantitative estimate of drug-likeness (QED) is 0.0919. The number of aromatic nitrogens is 1. The number of rotatable bonds is 10. The number of carbonyl (C=O) groups excluding carboxylic acids is 8. The third-order valence-electron chi connectivity index (χ3n) is 11.4. The fourth-order valence-corrected chi connectivity index (χ4v) is 7.85. The first-order chi connectivity index (χ1) is 31.0. The normalized spacial score (nSPS) is 29.7. The summed E-state index contributed by atoms with van der Waals surface area (Å²) < 4.78 is 5.37. The van der Waals surface area contributed by atoms with Gasteiger partial charge in [-0.2, -0.15) is 0 Å². The third-order valence-corrected chi connectivity index (χ3v) is 11.4. The van der Waals surface area contributed by atoms with Gasteiger partial charge in [0.25, 0.3) is 0 Å². The van der Waals surface area contributed by atoms with E-state index < -0.39 is 140 Å². The molecule has 1 aromatic heterocycles. The van der Waals surface area contributed by atoms with E-state index >= 15 is 0 Å². The molecule has 3 aromatic rings. The predicted molar refractivity (Wildman–Crippen MR) is 227 cm³/mol. The van der Waals surface area contributed by atoms with E-state index in [9.17, 15) is 58.8 Å². The fourth-order valence-electron chi connectivity index (χ4n) is 7.85. The van der Waals surface area contributed by atoms with Gasteiger partial charge in [0.1, 0.15) is 60.7 Å². The SMILES string of the molecule is CC(C)C[C@@H]1NC(=O)[C@H]2CNC(=O)C[C@@H](NC(=O)[C@H](CC(=O)N[C@@H]3O[C@H](CO)[C@@H](O)[C@H](O)[C@H]3O)NC1=O)C(=O)N[C@@H](Cc1c[nH]c3ccccc13)C(=O)N[C@@H](Cc1ccccc1)C(=O)N2. The van der Waals surface area contributed by atoms with Gasteiger partial charge in [-0.05, 0) is 29.5 Å². The number of benzene rings is 2. The van der Waals surface area contributed by atoms with Crippen molar-refractivity contribution in [3.05, 3.63) is 71.9 Å². The van der Waals surface area contributed by atoms with E-state index in [1.165, 1.54) is 0 Å². The lowest BCUT2D eigenvalue weighted by molar-refractivity contribution is -0.236. The standard InChI is InChI=1S/C43H55N9O13/c1-20(2)12-25-37(59)50-29(16-33(55)52-43-36(58)35(57)34(56)31(19-53)65-43)41(63)49-28-15-32(54)45-18-30(42(64)46-25)51-38(60)26(13-21-8-4-3-5-9-21)47-39(61)27(48-40(28)62)14-22-17-44-24-11-7-6-10-23(22)24/h3-11,17,20,25-31,34-36,43-44,53,56-58H,12-16,18-19H2,1-2H3,(H,45,54)(H,46,64)(H,47,61)(H,48,62)(H,49,63)(H,50,59)(H,51,60)(H,52,55)/t25-,26-,27-,28+,29-,30+,31+,34+,35-,36+,43+/m0/s1. The summed E-state index contributed by atoms with van der Waals surface area (Å²) in [5, 5.41) is 61.6. The Hall–Kier alpha value is -6.46. The lowest BCUT2D eigenvalue weighted by atomic mass is 9.98. The maximum absolute atomic E-state index is 14.4. The Labute approximate surface area is 372 Å². The molecule has 0 radical (unpaired) electrons. The minimum absolute atomic E-state index is 0.0223. The van der Waals surface area contributed by atoms with Crippen LogP contribution < -0.4 is 42.5 Å². The molecule has 22 nitrogen and oxygen atoms in total. The molecule has 8 amide bonds. The Morgan fingerprint density at radius 1 is 0.692 bits per heavy atom. The Bertz CT molecular complexity index is 2240. The molecule has 0 saturated carbocycles. The number of aromatic amines is 1. The second kappa shape index (κ2) is 21.5. The van der Waals surface area contributed by atoms with Crippen LogP contribution in [-0.2, 0) is 55.9 Å². The van der Waals surface area contributed by atoms with Crippen LogP contribution in [0.2, 0.25) is 0 Å². The van der Waals surface area contributed by atoms with E-state index in [1.54, 1.807) is 74.6 Å². The van der Waals surface area contributed by atoms with E-state index in [-0.39, 0.29) is 25.2 Å². The number of fused-ring (bicyclic) bond motifs is 6. The molecule has 0 unspecified atom stereocenters. The van der Waals surface area contributed by atoms with Crippen LogP contribution in [0.1, 0.15) is 44.2 Å². The number of ether oxygens (including phenoxy) is 1. The number of amides is 8. The van der Waals surface area contributed by atoms with Crippen LogP contribution in [0.4, 0.5) is 0 Å². The van der Waals surface area contributed by atoms with Gasteiger partial charge < -0.3 is 72.7 Å². The summed E-state index contributed by atoms with van der Waals surface area (Å²) in [6.07, 6.45) is -8.89. The zero-order valence-electron chi connectivity index (χ0n) is 35.6. The average molecular weight is 906 g/mol. The van der Waals surface area contributed by atoms with Gasteiger partial charge in [-0.3, -0.25) is 38.4 Å². The number of aliphatic hydroxyl groups is 4. The number of H-pyrrole nitrogens is 1. The molecular weight excluding hydrogens is 851 g/mol. The monoisotopic (exact) mass is 905 g/mol. The second-order valence-corrected chi connectivity index (χ2v) is 16.8. The van der Waals surface area contributed by atoms with Crippen molar-refractivity contribution in [1.82, 2.24) is 47.5 Å². The molecule has 3 aliphatic rings. The molecule has 13 N–H and O–H groups in total. The van der Waals surface area contributed by atoms with Crippen LogP contribution in [0.3, 0.4) is 0 Å². The number of para-hydroxylation sites is 1. The van der Waals surface area contributed by atoms with Crippen molar-refractivity contribution in [1.29, 1.82) is 0 Å². The highest BCUT2D eigenvalue weighted by atomic mass is 16.6. The summed E-state index contributed by atoms with van der Waals surface area (Å²) >= 11 is 0. The van der Waals surface area contributed by atoms with Crippen LogP contribution in [-0.4, -0.2) is 153 Å². The van der Waals surface area contributed by atoms with Crippen LogP contribution in [0.5, 0.6) is 0 Å². The first-order valence-electron chi connectivity index (χ1n) is 21.3. The van der Waals surface area contributed by atoms with Crippen molar-refractivity contribution in [2.75, 3.05) is 13.2 Å². The van der Waals surface area contributed by atoms with Crippen molar-refractivity contribution in [3.63, 3.8) is 0 Å². The van der Waals surface area contributed by atoms with Gasteiger partial charge in [-0.1, -0.05) is 62.4 Å². The molecule has 0 spiro atoms. The molecule has 2 bridgehead atoms. The summed E-state index contributed by atoms with van der Waals surface area (Å²) in [5.74, 6) is -7.91. The van der Waals surface area contributed by atoms with Crippen LogP contribution in [0, 0.1) is 5.92 Å². The van der Waals surface area contributed by atoms with Crippen molar-refractivity contribution < 1.29 is 63.5 Å². The van der Waals surface area contributed by atoms with Crippen LogP contribution in [0.15, 0.2) is 60.8 Å². The van der Waals surface area contributed by atoms with E-state index in [0.717, 1.165) is 10.9 Å². The molecule has 3 fully saturated rings. The zero-order valence-corrected chi connectivity index (χ0v) is 35.6. The van der Waals surface area contributed by atoms with Gasteiger partial charge in [0.05, 0.1) is 19.4 Å². The molecule has 22 heteroatoms. The number of nitrogens with one attached hydrogen (secondary N) is 9. The number of hydrogen-bond donors (Lipinski definition) is 13. The largest absolute Gasteiger partial charge is 0.394 e. The van der Waals surface area contributed by atoms with Crippen molar-refractivity contribution >= 4 is 58.2 Å². The molecule has 65 heavy (non-hydrogen) atoms. The van der Waals surface area contributed by atoms with Gasteiger partial charge in [0.2, 0.25) is 47.3 Å². The Morgan fingerprint density at radius 2 is 1.28 bits per heavy atom. The zero-order chi connectivity index (χ0) is 46.9. The van der Waals surface area contributed by atoms with Crippen LogP contribution >= 0.6 is 0 Å². The molecule has 350 valence electrons. The molecule has 4 heterocycles. The molecule has 3 saturated heterocycles. The molecule has 11 atom stereocenters. The lowest BCUT2D eigenvalue weighted by Gasteiger charge is -2.40. The maximum Gasteiger partial charge on any atom is 0.245 e. The fraction of sp³-hybridized carbons (Fsp3) is 0.488. The highest BCUT2D eigenvalue weighted by molar-refractivity contribution is 6.01. The first-order valence-corrected chi connectivity index (χ1v) is 21.3. The van der Waals surface area contributed by atoms with Crippen molar-refractivity contribution in [2.24, 2.45) is 5.92 Å². The van der Waals surface area contributed by atoms with Gasteiger partial charge in [0, 0.05) is 36.5 Å². The Kier molecular flexibility index (Phi) is 15.9. The van der Waals surface area contributed by atoms with Gasteiger partial charge in [-0.15, -0.1) is 0 Å². The summed E-state index contributed by atoms with van der Waals surface area (Å²) in [6, 6.07) is 6.55. The second-order valence-electron chi connectivity index (χ2n) is 16.8. The lowest BCUT2D eigenvalue weighted by Crippen LogP contribution is -2.65. The highest BCUT2D eigenvalue weighted by Crippen LogP contribution is 2.21. The van der Waals surface area contributed by atoms with E-state index in [2.05, 4.69) is 47.5 Å². The molecule has 0 aliphatic carbocycles. The molecule has 6 rings (SSSR count). The summed E-state index contributed by atoms with van der Waals surface area (Å²) in [4.78, 5) is 116. The van der Waals surface area contributed by atoms with Crippen LogP contribution in [0.25, 0.3) is 10.9 Å². The first kappa shape index (κ1) is 48.0. The van der Waals surface area contributed by atoms with E-state index in [0.29, 0.717) is 11.1 Å². The average Bonchev–Trinajstić information content (AvgIpc) is 3.68. The topological polar surface area (TPSA) is 339 Å². The minimum Gasteiger partial charge on any atom is -0.394 e. The van der Waals surface area contributed by atoms with Crippen molar-refractivity contribution in [2.45, 2.75) is 113 Å². The summed E-state index contributed by atoms with van der Waals surface area (Å²) in [5.41, 5.74) is 1.95. The number of aliphatic hydroxyl groups excluding tert-OH is 4. The van der Waals surface area contributed by atoms with Crippen molar-refractivity contribution in [3.8, 4) is 0 Å². The predicted octanol–water partition coefficient (Wildman–Crippen LogP) is -4.25. The highest BCUT2D eigenvalue weighted by Gasteiger charge is 2.45. The molecular formula is C43H55N9O13. The van der Waals surface area contributed by atoms with Gasteiger partial charge in [0.15, 0.2) is 6.23 Å². The molecule has 3 aliphatic heterocycles. The molecule has 2 aromatic carbocycles. The number of carbonyl (C=O) groups is 8. The minimum atomic E-state index is -1.90. The third kappa shape index (κ3) is 12.2. The Balaban J connectivity index is 1.38. The summed E-state index contributed by atoms with van der Waals surface area (Å²) in [6.45, 7) is 2.14. The summed E-state index contributed by atoms with van der Waals surface area (Å²) in [7, 11) is 0. The van der Waals surface area contributed by atoms with E-state index in [4.69, 9.17) is 4.74 Å². The smallest absolute Gasteiger partial charge is 0.245 e. The van der Waals surface area contributed by atoms with Gasteiger partial charge >= 0.3 is 0 Å². The van der Waals surface area contributed by atoms with Gasteiger partial charge in [-0.25, -0.2) is 0 Å².